The standard InChI is InChI=1S/C12H12F4N6/c1-3-22-10(13)8(6-18-22)5-17-21-11-19-7(2)4-9(20-11)12(14,15)16/h4-6H,3H2,1-2H3,(H,19,20,21)/b17-5+. The van der Waals surface area contributed by atoms with E-state index in [2.05, 4.69) is 25.6 Å². The number of aromatic nitrogens is 4. The average Bonchev–Trinajstić information content (AvgIpc) is 2.78. The molecule has 0 amide bonds. The first-order valence-corrected chi connectivity index (χ1v) is 6.24. The Morgan fingerprint density at radius 3 is 2.68 bits per heavy atom. The fraction of sp³-hybridized carbons (Fsp3) is 0.333. The van der Waals surface area contributed by atoms with Crippen LogP contribution in [0.25, 0.3) is 0 Å². The van der Waals surface area contributed by atoms with E-state index in [1.54, 1.807) is 6.92 Å². The van der Waals surface area contributed by atoms with Gasteiger partial charge in [0.15, 0.2) is 0 Å². The second-order valence-corrected chi connectivity index (χ2v) is 4.29. The highest BCUT2D eigenvalue weighted by Crippen LogP contribution is 2.28. The van der Waals surface area contributed by atoms with E-state index in [1.807, 2.05) is 0 Å². The maximum atomic E-state index is 13.6. The molecule has 118 valence electrons. The summed E-state index contributed by atoms with van der Waals surface area (Å²) >= 11 is 0. The zero-order chi connectivity index (χ0) is 16.3. The monoisotopic (exact) mass is 316 g/mol. The molecule has 2 rings (SSSR count). The lowest BCUT2D eigenvalue weighted by Crippen LogP contribution is -2.11. The van der Waals surface area contributed by atoms with Crippen molar-refractivity contribution in [1.82, 2.24) is 19.7 Å². The third kappa shape index (κ3) is 3.57. The highest BCUT2D eigenvalue weighted by molar-refractivity contribution is 5.79. The minimum Gasteiger partial charge on any atom is -0.245 e. The summed E-state index contributed by atoms with van der Waals surface area (Å²) in [6.07, 6.45) is -2.24. The topological polar surface area (TPSA) is 68.0 Å². The molecule has 0 bridgehead atoms. The Balaban J connectivity index is 2.16. The quantitative estimate of drug-likeness (QED) is 0.535. The second kappa shape index (κ2) is 6.08. The summed E-state index contributed by atoms with van der Waals surface area (Å²) in [5.41, 5.74) is 1.39. The number of halogens is 4. The van der Waals surface area contributed by atoms with Crippen LogP contribution in [0.3, 0.4) is 0 Å². The minimum absolute atomic E-state index is 0.0954. The fourth-order valence-corrected chi connectivity index (χ4v) is 1.62. The zero-order valence-corrected chi connectivity index (χ0v) is 11.7. The number of nitrogens with zero attached hydrogens (tertiary/aromatic N) is 5. The van der Waals surface area contributed by atoms with E-state index in [9.17, 15) is 17.6 Å². The van der Waals surface area contributed by atoms with Crippen LogP contribution in [-0.4, -0.2) is 26.0 Å². The summed E-state index contributed by atoms with van der Waals surface area (Å²) in [6.45, 7) is 3.47. The molecule has 1 N–H and O–H groups in total. The third-order valence-corrected chi connectivity index (χ3v) is 2.61. The van der Waals surface area contributed by atoms with Gasteiger partial charge in [-0.25, -0.2) is 20.1 Å². The average molecular weight is 316 g/mol. The molecule has 0 radical (unpaired) electrons. The Labute approximate surface area is 122 Å². The summed E-state index contributed by atoms with van der Waals surface area (Å²) in [7, 11) is 0. The van der Waals surface area contributed by atoms with Crippen molar-refractivity contribution in [2.45, 2.75) is 26.6 Å². The molecule has 2 heterocycles. The van der Waals surface area contributed by atoms with Gasteiger partial charge in [-0.15, -0.1) is 0 Å². The number of nitrogens with one attached hydrogen (secondary N) is 1. The van der Waals surface area contributed by atoms with Gasteiger partial charge in [-0.2, -0.15) is 27.8 Å². The number of hydrogen-bond donors (Lipinski definition) is 1. The van der Waals surface area contributed by atoms with Crippen LogP contribution in [0, 0.1) is 12.9 Å². The van der Waals surface area contributed by atoms with Crippen molar-refractivity contribution in [1.29, 1.82) is 0 Å². The number of alkyl halides is 3. The van der Waals surface area contributed by atoms with Gasteiger partial charge in [0.2, 0.25) is 11.9 Å². The van der Waals surface area contributed by atoms with Crippen molar-refractivity contribution < 1.29 is 17.6 Å². The van der Waals surface area contributed by atoms with E-state index >= 15 is 0 Å². The lowest BCUT2D eigenvalue weighted by atomic mass is 10.3. The molecule has 0 saturated carbocycles. The number of hydrogen-bond acceptors (Lipinski definition) is 5. The lowest BCUT2D eigenvalue weighted by molar-refractivity contribution is -0.141. The molecule has 0 saturated heterocycles. The molecular weight excluding hydrogens is 304 g/mol. The van der Waals surface area contributed by atoms with Crippen molar-refractivity contribution in [2.75, 3.05) is 5.43 Å². The zero-order valence-electron chi connectivity index (χ0n) is 11.7. The lowest BCUT2D eigenvalue weighted by Gasteiger charge is -2.07. The van der Waals surface area contributed by atoms with Crippen LogP contribution in [0.2, 0.25) is 0 Å². The number of anilines is 1. The van der Waals surface area contributed by atoms with Crippen LogP contribution in [0.1, 0.15) is 23.9 Å². The molecule has 0 unspecified atom stereocenters. The van der Waals surface area contributed by atoms with Crippen LogP contribution >= 0.6 is 0 Å². The maximum Gasteiger partial charge on any atom is 0.433 e. The molecule has 0 aliphatic carbocycles. The summed E-state index contributed by atoms with van der Waals surface area (Å²) in [6, 6.07) is 0.819. The van der Waals surface area contributed by atoms with Gasteiger partial charge in [0.05, 0.1) is 18.0 Å². The Morgan fingerprint density at radius 2 is 2.09 bits per heavy atom. The van der Waals surface area contributed by atoms with Gasteiger partial charge in [0, 0.05) is 12.2 Å². The van der Waals surface area contributed by atoms with Crippen LogP contribution in [0.4, 0.5) is 23.5 Å². The molecule has 10 heteroatoms. The van der Waals surface area contributed by atoms with E-state index < -0.39 is 17.8 Å². The summed E-state index contributed by atoms with van der Waals surface area (Å²) in [4.78, 5) is 7.08. The van der Waals surface area contributed by atoms with Gasteiger partial charge >= 0.3 is 6.18 Å². The van der Waals surface area contributed by atoms with Crippen LogP contribution in [-0.2, 0) is 12.7 Å². The van der Waals surface area contributed by atoms with E-state index in [0.717, 1.165) is 17.0 Å². The summed E-state index contributed by atoms with van der Waals surface area (Å²) in [5.74, 6) is -0.916. The van der Waals surface area contributed by atoms with E-state index in [4.69, 9.17) is 0 Å². The van der Waals surface area contributed by atoms with Crippen molar-refractivity contribution in [3.63, 3.8) is 0 Å². The van der Waals surface area contributed by atoms with Crippen molar-refractivity contribution >= 4 is 12.2 Å². The van der Waals surface area contributed by atoms with Gasteiger partial charge in [0.1, 0.15) is 5.69 Å². The summed E-state index contributed by atoms with van der Waals surface area (Å²) < 4.78 is 52.6. The van der Waals surface area contributed by atoms with Gasteiger partial charge in [-0.05, 0) is 19.9 Å². The number of rotatable bonds is 4. The Bertz CT molecular complexity index is 691. The van der Waals surface area contributed by atoms with Crippen LogP contribution in [0.5, 0.6) is 0 Å². The smallest absolute Gasteiger partial charge is 0.245 e. The predicted molar refractivity (Wildman–Crippen MR) is 70.8 cm³/mol. The van der Waals surface area contributed by atoms with Gasteiger partial charge < -0.3 is 0 Å². The first kappa shape index (κ1) is 15.9. The Kier molecular flexibility index (Phi) is 4.38. The molecular formula is C12H12F4N6. The van der Waals surface area contributed by atoms with E-state index in [0.29, 0.717) is 6.54 Å². The number of hydrazone groups is 1. The normalized spacial score (nSPS) is 12.1. The van der Waals surface area contributed by atoms with Crippen molar-refractivity contribution in [3.8, 4) is 0 Å². The first-order valence-electron chi connectivity index (χ1n) is 6.24. The predicted octanol–water partition coefficient (Wildman–Crippen LogP) is 2.61. The van der Waals surface area contributed by atoms with Gasteiger partial charge in [-0.1, -0.05) is 0 Å². The molecule has 22 heavy (non-hydrogen) atoms. The van der Waals surface area contributed by atoms with Crippen LogP contribution in [0.15, 0.2) is 17.4 Å². The molecule has 0 fully saturated rings. The molecule has 2 aromatic rings. The molecule has 0 aliphatic heterocycles. The SMILES string of the molecule is CCn1ncc(/C=N/Nc2nc(C)cc(C(F)(F)F)n2)c1F. The third-order valence-electron chi connectivity index (χ3n) is 2.61. The first-order chi connectivity index (χ1) is 10.3. The molecule has 2 aromatic heterocycles. The van der Waals surface area contributed by atoms with Crippen LogP contribution < -0.4 is 5.43 Å². The molecule has 0 atom stereocenters. The minimum atomic E-state index is -4.58. The maximum absolute atomic E-state index is 13.6. The van der Waals surface area contributed by atoms with Gasteiger partial charge in [-0.3, -0.25) is 0 Å². The van der Waals surface area contributed by atoms with E-state index in [1.165, 1.54) is 13.1 Å². The second-order valence-electron chi connectivity index (χ2n) is 4.29. The highest BCUT2D eigenvalue weighted by Gasteiger charge is 2.33. The molecule has 6 nitrogen and oxygen atoms in total. The summed E-state index contributed by atoms with van der Waals surface area (Å²) in [5, 5.41) is 7.39. The molecule has 0 aliphatic rings. The largest absolute Gasteiger partial charge is 0.433 e. The number of aryl methyl sites for hydroxylation is 2. The fourth-order valence-electron chi connectivity index (χ4n) is 1.62. The molecule has 0 spiro atoms. The molecule has 0 aromatic carbocycles. The highest BCUT2D eigenvalue weighted by atomic mass is 19.4. The Hall–Kier alpha value is -2.52. The van der Waals surface area contributed by atoms with Gasteiger partial charge in [0.25, 0.3) is 0 Å². The van der Waals surface area contributed by atoms with E-state index in [-0.39, 0.29) is 17.2 Å². The van der Waals surface area contributed by atoms with Crippen molar-refractivity contribution in [3.05, 3.63) is 35.2 Å². The van der Waals surface area contributed by atoms with Crippen molar-refractivity contribution in [2.24, 2.45) is 5.10 Å². The Morgan fingerprint density at radius 1 is 1.36 bits per heavy atom.